The monoisotopic (exact) mass is 439 g/mol. The van der Waals surface area contributed by atoms with E-state index in [9.17, 15) is 14.4 Å². The van der Waals surface area contributed by atoms with Gasteiger partial charge in [-0.2, -0.15) is 0 Å². The summed E-state index contributed by atoms with van der Waals surface area (Å²) in [6.45, 7) is 3.27. The smallest absolute Gasteiger partial charge is 0.328 e. The number of ether oxygens (including phenoxy) is 2. The van der Waals surface area contributed by atoms with Gasteiger partial charge in [0, 0.05) is 5.02 Å². The molecule has 2 rings (SSSR count). The van der Waals surface area contributed by atoms with Crippen LogP contribution in [0.4, 0.5) is 5.69 Å². The number of hydrogen-bond acceptors (Lipinski definition) is 5. The second kappa shape index (κ2) is 9.99. The third kappa shape index (κ3) is 6.27. The standard InChI is InChI=1S/C19H19Cl2N3O5/c1-10-4-6-16(28-3)14(8-10)22-18(26)19(27)24-23-17(25)11(2)29-15-7-5-12(20)9-13(15)21/h4-9,11H,1-3H3,(H,22,26)(H,23,25)(H,24,27). The van der Waals surface area contributed by atoms with Gasteiger partial charge < -0.3 is 14.8 Å². The van der Waals surface area contributed by atoms with E-state index in [1.807, 2.05) is 12.3 Å². The van der Waals surface area contributed by atoms with Gasteiger partial charge in [0.15, 0.2) is 6.10 Å². The van der Waals surface area contributed by atoms with E-state index in [4.69, 9.17) is 32.7 Å². The first kappa shape index (κ1) is 22.3. The number of amides is 3. The highest BCUT2D eigenvalue weighted by atomic mass is 35.5. The molecule has 1 unspecified atom stereocenters. The predicted octanol–water partition coefficient (Wildman–Crippen LogP) is 2.86. The molecule has 29 heavy (non-hydrogen) atoms. The number of halogens is 2. The first-order valence-electron chi connectivity index (χ1n) is 8.38. The highest BCUT2D eigenvalue weighted by Gasteiger charge is 2.20. The Balaban J connectivity index is 1.89. The van der Waals surface area contributed by atoms with Crippen molar-refractivity contribution in [3.63, 3.8) is 0 Å². The molecule has 10 heteroatoms. The molecule has 0 fully saturated rings. The maximum Gasteiger partial charge on any atom is 0.328 e. The van der Waals surface area contributed by atoms with Crippen LogP contribution in [0, 0.1) is 6.92 Å². The average molecular weight is 440 g/mol. The summed E-state index contributed by atoms with van der Waals surface area (Å²) in [4.78, 5) is 36.1. The summed E-state index contributed by atoms with van der Waals surface area (Å²) >= 11 is 11.8. The molecule has 0 bridgehead atoms. The van der Waals surface area contributed by atoms with Crippen molar-refractivity contribution in [1.29, 1.82) is 0 Å². The lowest BCUT2D eigenvalue weighted by atomic mass is 10.2. The van der Waals surface area contributed by atoms with E-state index in [2.05, 4.69) is 10.7 Å². The Morgan fingerprint density at radius 2 is 1.66 bits per heavy atom. The van der Waals surface area contributed by atoms with Crippen molar-refractivity contribution in [2.75, 3.05) is 12.4 Å². The molecule has 0 spiro atoms. The summed E-state index contributed by atoms with van der Waals surface area (Å²) in [6.07, 6.45) is -1.01. The fourth-order valence-corrected chi connectivity index (χ4v) is 2.64. The Bertz CT molecular complexity index is 936. The van der Waals surface area contributed by atoms with E-state index >= 15 is 0 Å². The summed E-state index contributed by atoms with van der Waals surface area (Å²) in [5, 5.41) is 3.07. The van der Waals surface area contributed by atoms with E-state index in [1.165, 1.54) is 26.2 Å². The van der Waals surface area contributed by atoms with Gasteiger partial charge in [0.2, 0.25) is 0 Å². The lowest BCUT2D eigenvalue weighted by molar-refractivity contribution is -0.139. The zero-order valence-corrected chi connectivity index (χ0v) is 17.4. The van der Waals surface area contributed by atoms with Crippen molar-refractivity contribution in [1.82, 2.24) is 10.9 Å². The summed E-state index contributed by atoms with van der Waals surface area (Å²) in [5.41, 5.74) is 5.32. The number of carbonyl (C=O) groups excluding carboxylic acids is 3. The van der Waals surface area contributed by atoms with Gasteiger partial charge in [-0.3, -0.25) is 25.2 Å². The van der Waals surface area contributed by atoms with Crippen LogP contribution in [-0.4, -0.2) is 30.9 Å². The zero-order chi connectivity index (χ0) is 21.6. The van der Waals surface area contributed by atoms with Gasteiger partial charge in [0.1, 0.15) is 11.5 Å². The molecular formula is C19H19Cl2N3O5. The van der Waals surface area contributed by atoms with Crippen molar-refractivity contribution >= 4 is 46.6 Å². The number of hydrazine groups is 1. The summed E-state index contributed by atoms with van der Waals surface area (Å²) < 4.78 is 10.6. The van der Waals surface area contributed by atoms with Crippen molar-refractivity contribution in [2.45, 2.75) is 20.0 Å². The molecule has 154 valence electrons. The normalized spacial score (nSPS) is 11.2. The maximum atomic E-state index is 12.1. The fourth-order valence-electron chi connectivity index (χ4n) is 2.19. The largest absolute Gasteiger partial charge is 0.495 e. The van der Waals surface area contributed by atoms with Crippen molar-refractivity contribution in [2.24, 2.45) is 0 Å². The third-order valence-corrected chi connectivity index (χ3v) is 4.21. The van der Waals surface area contributed by atoms with Crippen molar-refractivity contribution < 1.29 is 23.9 Å². The summed E-state index contributed by atoms with van der Waals surface area (Å²) in [7, 11) is 1.44. The van der Waals surface area contributed by atoms with Crippen molar-refractivity contribution in [3.8, 4) is 11.5 Å². The van der Waals surface area contributed by atoms with Crippen LogP contribution in [0.25, 0.3) is 0 Å². The number of methoxy groups -OCH3 is 1. The topological polar surface area (TPSA) is 106 Å². The molecule has 0 radical (unpaired) electrons. The molecule has 1 atom stereocenters. The molecule has 0 aliphatic carbocycles. The van der Waals surface area contributed by atoms with Gasteiger partial charge in [0.25, 0.3) is 5.91 Å². The number of hydrogen-bond donors (Lipinski definition) is 3. The van der Waals surface area contributed by atoms with Gasteiger partial charge in [-0.15, -0.1) is 0 Å². The molecule has 2 aromatic carbocycles. The Kier molecular flexibility index (Phi) is 7.69. The Labute approximate surface area is 177 Å². The third-order valence-electron chi connectivity index (χ3n) is 3.68. The highest BCUT2D eigenvalue weighted by Crippen LogP contribution is 2.28. The molecule has 0 aromatic heterocycles. The van der Waals surface area contributed by atoms with Gasteiger partial charge >= 0.3 is 11.8 Å². The van der Waals surface area contributed by atoms with Crippen LogP contribution in [-0.2, 0) is 14.4 Å². The SMILES string of the molecule is COc1ccc(C)cc1NC(=O)C(=O)NNC(=O)C(C)Oc1ccc(Cl)cc1Cl. The van der Waals surface area contributed by atoms with Crippen LogP contribution in [0.2, 0.25) is 10.0 Å². The van der Waals surface area contributed by atoms with E-state index in [0.29, 0.717) is 16.5 Å². The number of carbonyl (C=O) groups is 3. The summed E-state index contributed by atoms with van der Waals surface area (Å²) in [5.74, 6) is -2.11. The van der Waals surface area contributed by atoms with E-state index in [1.54, 1.807) is 24.3 Å². The molecule has 0 aliphatic rings. The first-order valence-corrected chi connectivity index (χ1v) is 9.14. The predicted molar refractivity (Wildman–Crippen MR) is 109 cm³/mol. The minimum atomic E-state index is -1.07. The molecule has 8 nitrogen and oxygen atoms in total. The minimum Gasteiger partial charge on any atom is -0.495 e. The van der Waals surface area contributed by atoms with Gasteiger partial charge in [-0.25, -0.2) is 0 Å². The summed E-state index contributed by atoms with van der Waals surface area (Å²) in [6, 6.07) is 9.63. The maximum absolute atomic E-state index is 12.1. The van der Waals surface area contributed by atoms with Gasteiger partial charge in [-0.05, 0) is 49.7 Å². The number of aryl methyl sites for hydroxylation is 1. The van der Waals surface area contributed by atoms with E-state index in [0.717, 1.165) is 5.56 Å². The van der Waals surface area contributed by atoms with E-state index < -0.39 is 23.8 Å². The van der Waals surface area contributed by atoms with Gasteiger partial charge in [0.05, 0.1) is 17.8 Å². The number of rotatable bonds is 5. The van der Waals surface area contributed by atoms with Crippen molar-refractivity contribution in [3.05, 3.63) is 52.0 Å². The molecule has 3 amide bonds. The van der Waals surface area contributed by atoms with Crippen LogP contribution in [0.15, 0.2) is 36.4 Å². The average Bonchev–Trinajstić information content (AvgIpc) is 2.68. The lowest BCUT2D eigenvalue weighted by Crippen LogP contribution is -2.50. The second-order valence-corrected chi connectivity index (χ2v) is 6.78. The second-order valence-electron chi connectivity index (χ2n) is 5.94. The van der Waals surface area contributed by atoms with Crippen LogP contribution < -0.4 is 25.6 Å². The highest BCUT2D eigenvalue weighted by molar-refractivity contribution is 6.39. The zero-order valence-electron chi connectivity index (χ0n) is 15.8. The van der Waals surface area contributed by atoms with Crippen LogP contribution >= 0.6 is 23.2 Å². The number of benzene rings is 2. The van der Waals surface area contributed by atoms with E-state index in [-0.39, 0.29) is 10.8 Å². The molecule has 0 aliphatic heterocycles. The molecule has 0 saturated heterocycles. The lowest BCUT2D eigenvalue weighted by Gasteiger charge is -2.16. The molecule has 0 saturated carbocycles. The minimum absolute atomic E-state index is 0.229. The fraction of sp³-hybridized carbons (Fsp3) is 0.211. The quantitative estimate of drug-likeness (QED) is 0.490. The molecular weight excluding hydrogens is 421 g/mol. The number of nitrogens with one attached hydrogen (secondary N) is 3. The number of anilines is 1. The Morgan fingerprint density at radius 3 is 2.31 bits per heavy atom. The Morgan fingerprint density at radius 1 is 0.966 bits per heavy atom. The Hall–Kier alpha value is -2.97. The molecule has 0 heterocycles. The first-order chi connectivity index (χ1) is 13.7. The van der Waals surface area contributed by atoms with Crippen LogP contribution in [0.1, 0.15) is 12.5 Å². The van der Waals surface area contributed by atoms with Crippen LogP contribution in [0.3, 0.4) is 0 Å². The van der Waals surface area contributed by atoms with Gasteiger partial charge in [-0.1, -0.05) is 29.3 Å². The van der Waals surface area contributed by atoms with Crippen LogP contribution in [0.5, 0.6) is 11.5 Å². The molecule has 3 N–H and O–H groups in total. The molecule has 2 aromatic rings.